The molecule has 3 fully saturated rings. The van der Waals surface area contributed by atoms with Crippen LogP contribution in [-0.2, 0) is 48.9 Å². The molecule has 3 aliphatic carbocycles. The van der Waals surface area contributed by atoms with E-state index in [0.717, 1.165) is 127 Å². The summed E-state index contributed by atoms with van der Waals surface area (Å²) in [4.78, 5) is 56.2. The fourth-order valence-electron chi connectivity index (χ4n) is 14.8. The van der Waals surface area contributed by atoms with Crippen molar-refractivity contribution in [2.75, 3.05) is 50.8 Å². The highest BCUT2D eigenvalue weighted by molar-refractivity contribution is 7.90. The second-order valence-electron chi connectivity index (χ2n) is 29.7. The molecule has 4 atom stereocenters. The SMILES string of the molecule is CC(C)Oc1ccc(-c2nc(-c3cccc4c3CCC[C@@H]4NC(=O)N3CC[C@H](C)C3)no2)cc1C#N.CC(C)Oc1ccc(-c2nc(-c3cccc4c3CCC[C@@H]4NS(=O)(=O)CC(=O)N3CCC3)no2)cc1C#N.CC(C)Oc1ccc(-c2nc(-c3cccc4c3CCC[C@H]4NS(=O)(=O)CC(=O)N3CCC3)no2)cc1C#N. The van der Waals surface area contributed by atoms with Crippen molar-refractivity contribution in [1.82, 2.24) is 59.9 Å². The van der Waals surface area contributed by atoms with Crippen molar-refractivity contribution in [3.8, 4) is 104 Å². The van der Waals surface area contributed by atoms with Gasteiger partial charge in [0, 0.05) is 84.7 Å². The normalized spacial score (nSPS) is 17.7. The zero-order chi connectivity index (χ0) is 79.0. The van der Waals surface area contributed by atoms with Gasteiger partial charge in [-0.3, -0.25) is 9.59 Å². The number of hydrogen-bond acceptors (Lipinski definition) is 22. The molecular formula is C82H89N15O13S2. The molecule has 112 heavy (non-hydrogen) atoms. The number of nitrogens with zero attached hydrogens (tertiary/aromatic N) is 12. The summed E-state index contributed by atoms with van der Waals surface area (Å²) in [5, 5.41) is 44.5. The summed E-state index contributed by atoms with van der Waals surface area (Å²) in [7, 11) is -7.60. The number of ether oxygens (including phenoxy) is 3. The van der Waals surface area contributed by atoms with Gasteiger partial charge < -0.3 is 47.8 Å². The van der Waals surface area contributed by atoms with E-state index in [1.165, 1.54) is 0 Å². The predicted octanol–water partition coefficient (Wildman–Crippen LogP) is 12.7. The zero-order valence-electron chi connectivity index (χ0n) is 63.6. The lowest BCUT2D eigenvalue weighted by Crippen LogP contribution is -2.47. The number of urea groups is 1. The average Bonchev–Trinajstić information content (AvgIpc) is 1.49. The number of hydrogen-bond donors (Lipinski definition) is 3. The molecular weight excluding hydrogens is 1470 g/mol. The van der Waals surface area contributed by atoms with E-state index in [2.05, 4.69) is 76.4 Å². The highest BCUT2D eigenvalue weighted by Crippen LogP contribution is 2.41. The van der Waals surface area contributed by atoms with Gasteiger partial charge in [-0.1, -0.05) is 77.0 Å². The highest BCUT2D eigenvalue weighted by Gasteiger charge is 2.35. The number of carbonyl (C=O) groups is 3. The van der Waals surface area contributed by atoms with Crippen LogP contribution in [0, 0.1) is 39.9 Å². The first-order valence-corrected chi connectivity index (χ1v) is 41.3. The molecule has 0 bridgehead atoms. The van der Waals surface area contributed by atoms with Crippen LogP contribution < -0.4 is 29.0 Å². The van der Waals surface area contributed by atoms with Crippen molar-refractivity contribution in [2.45, 2.75) is 162 Å². The Labute approximate surface area is 650 Å². The summed E-state index contributed by atoms with van der Waals surface area (Å²) in [5.41, 5.74) is 11.3. The van der Waals surface area contributed by atoms with Crippen LogP contribution in [0.15, 0.2) is 123 Å². The second-order valence-corrected chi connectivity index (χ2v) is 33.2. The van der Waals surface area contributed by atoms with E-state index >= 15 is 0 Å². The molecule has 3 saturated heterocycles. The van der Waals surface area contributed by atoms with Gasteiger partial charge in [0.1, 0.15) is 47.0 Å². The number of likely N-dealkylation sites (tertiary alicyclic amines) is 3. The number of nitriles is 3. The molecule has 6 aromatic carbocycles. The van der Waals surface area contributed by atoms with Gasteiger partial charge in [-0.05, 0) is 212 Å². The first-order chi connectivity index (χ1) is 53.9. The van der Waals surface area contributed by atoms with Crippen LogP contribution in [0.2, 0.25) is 0 Å². The van der Waals surface area contributed by atoms with Crippen molar-refractivity contribution >= 4 is 37.9 Å². The Morgan fingerprint density at radius 1 is 0.473 bits per heavy atom. The van der Waals surface area contributed by atoms with Crippen LogP contribution in [0.1, 0.15) is 174 Å². The van der Waals surface area contributed by atoms with Crippen LogP contribution in [0.4, 0.5) is 4.79 Å². The summed E-state index contributed by atoms with van der Waals surface area (Å²) < 4.78 is 90.4. The van der Waals surface area contributed by atoms with Gasteiger partial charge in [-0.2, -0.15) is 30.7 Å². The molecule has 9 aromatic rings. The predicted molar refractivity (Wildman–Crippen MR) is 414 cm³/mol. The van der Waals surface area contributed by atoms with Crippen molar-refractivity contribution in [3.63, 3.8) is 0 Å². The topological polar surface area (TPSA) is 381 Å². The third-order valence-electron chi connectivity index (χ3n) is 20.3. The number of sulfonamides is 2. The number of rotatable bonds is 21. The van der Waals surface area contributed by atoms with E-state index in [0.29, 0.717) is 119 Å². The standard InChI is InChI=1S/C28H31N5O3.2C27H29N5O5S/c1-17(2)35-25-11-10-19(14-20(25)15-29)27-31-26(32-36-27)23-8-4-7-22-21(23)6-5-9-24(22)30-28(34)33-13-12-18(3)16-33;2*1-17(2)36-24-11-10-18(14-19(24)15-28)27-29-26(30-37-27)22-8-3-7-21-20(22)6-4-9-23(21)31-38(34,35)16-25(33)32-12-5-13-32/h4,7-8,10-11,14,17-18,24H,5-6,9,12-13,16H2,1-3H3,(H,30,34);2*3,7-8,10-11,14,17,23,31H,4-6,9,12-13,16H2,1-2H3/t18-,24-;2*23-/m010/s1. The van der Waals surface area contributed by atoms with Crippen LogP contribution in [0.25, 0.3) is 68.5 Å². The quantitative estimate of drug-likeness (QED) is 0.0601. The molecule has 0 saturated carbocycles. The van der Waals surface area contributed by atoms with Gasteiger partial charge in [0.25, 0.3) is 17.7 Å². The Kier molecular flexibility index (Phi) is 24.3. The van der Waals surface area contributed by atoms with E-state index in [9.17, 15) is 47.0 Å². The number of aromatic nitrogens is 6. The van der Waals surface area contributed by atoms with Crippen molar-refractivity contribution in [2.24, 2.45) is 5.92 Å². The summed E-state index contributed by atoms with van der Waals surface area (Å²) >= 11 is 0. The molecule has 4 amide bonds. The van der Waals surface area contributed by atoms with Crippen LogP contribution in [0.3, 0.4) is 0 Å². The Morgan fingerprint density at radius 2 is 0.821 bits per heavy atom. The molecule has 3 aliphatic heterocycles. The fraction of sp³-hybridized carbons (Fsp3) is 0.415. The number of fused-ring (bicyclic) bond motifs is 3. The minimum Gasteiger partial charge on any atom is -0.490 e. The summed E-state index contributed by atoms with van der Waals surface area (Å²) in [6.45, 7) is 17.7. The third kappa shape index (κ3) is 18.5. The lowest BCUT2D eigenvalue weighted by atomic mass is 9.84. The Morgan fingerprint density at radius 3 is 1.13 bits per heavy atom. The Balaban J connectivity index is 0.000000147. The molecule has 0 radical (unpaired) electrons. The first kappa shape index (κ1) is 78.8. The molecule has 582 valence electrons. The van der Waals surface area contributed by atoms with Gasteiger partial charge >= 0.3 is 6.03 Å². The monoisotopic (exact) mass is 1560 g/mol. The molecule has 3 N–H and O–H groups in total. The van der Waals surface area contributed by atoms with E-state index < -0.39 is 43.6 Å². The molecule has 3 aromatic heterocycles. The highest BCUT2D eigenvalue weighted by atomic mass is 32.2. The molecule has 28 nitrogen and oxygen atoms in total. The van der Waals surface area contributed by atoms with Gasteiger partial charge in [0.05, 0.1) is 41.0 Å². The number of nitrogens with one attached hydrogen (secondary N) is 3. The van der Waals surface area contributed by atoms with Gasteiger partial charge in [0.15, 0.2) is 0 Å². The maximum atomic E-state index is 12.9. The summed E-state index contributed by atoms with van der Waals surface area (Å²) in [6.07, 6.45) is 9.75. The smallest absolute Gasteiger partial charge is 0.317 e. The van der Waals surface area contributed by atoms with Gasteiger partial charge in [-0.15, -0.1) is 0 Å². The van der Waals surface area contributed by atoms with E-state index in [-0.39, 0.29) is 54.0 Å². The largest absolute Gasteiger partial charge is 0.490 e. The Bertz CT molecular complexity index is 5130. The number of amides is 4. The third-order valence-corrected chi connectivity index (χ3v) is 22.9. The minimum absolute atomic E-state index is 0.0163. The van der Waals surface area contributed by atoms with E-state index in [1.807, 2.05) is 101 Å². The molecule has 6 aliphatic rings. The summed E-state index contributed by atoms with van der Waals surface area (Å²) in [5.74, 6) is 2.40. The van der Waals surface area contributed by atoms with E-state index in [1.54, 1.807) is 58.3 Å². The zero-order valence-corrected chi connectivity index (χ0v) is 65.2. The molecule has 30 heteroatoms. The number of carbonyl (C=O) groups excluding carboxylic acids is 3. The van der Waals surface area contributed by atoms with Gasteiger partial charge in [0.2, 0.25) is 49.3 Å². The maximum Gasteiger partial charge on any atom is 0.317 e. The van der Waals surface area contributed by atoms with Gasteiger partial charge in [-0.25, -0.2) is 31.1 Å². The van der Waals surface area contributed by atoms with Crippen molar-refractivity contribution in [1.29, 1.82) is 15.8 Å². The summed E-state index contributed by atoms with van der Waals surface area (Å²) in [6, 6.07) is 38.5. The lowest BCUT2D eigenvalue weighted by Gasteiger charge is -2.31. The number of benzene rings is 6. The fourth-order valence-corrected chi connectivity index (χ4v) is 17.3. The minimum atomic E-state index is -3.80. The lowest BCUT2D eigenvalue weighted by molar-refractivity contribution is -0.132. The van der Waals surface area contributed by atoms with Crippen molar-refractivity contribution < 1.29 is 59.0 Å². The average molecular weight is 1560 g/mol. The molecule has 15 rings (SSSR count). The molecule has 6 heterocycles. The molecule has 0 unspecified atom stereocenters. The van der Waals surface area contributed by atoms with Crippen molar-refractivity contribution in [3.05, 3.63) is 159 Å². The van der Waals surface area contributed by atoms with Crippen LogP contribution in [0.5, 0.6) is 17.2 Å². The first-order valence-electron chi connectivity index (χ1n) is 38.0. The Hall–Kier alpha value is -11.4. The van der Waals surface area contributed by atoms with Crippen LogP contribution in [-0.4, -0.2) is 149 Å². The maximum absolute atomic E-state index is 12.9. The van der Waals surface area contributed by atoms with Crippen LogP contribution >= 0.6 is 0 Å². The second kappa shape index (κ2) is 34.5. The van der Waals surface area contributed by atoms with E-state index in [4.69, 9.17) is 27.8 Å². The molecule has 0 spiro atoms.